The van der Waals surface area contributed by atoms with E-state index in [2.05, 4.69) is 33.5 Å². The number of halogens is 2. The number of sulfonamides is 1. The number of rotatable bonds is 8. The number of hydrogen-bond donors (Lipinski definition) is 2. The lowest BCUT2D eigenvalue weighted by molar-refractivity contribution is -0.125. The second-order valence-electron chi connectivity index (χ2n) is 10.3. The number of anilines is 3. The van der Waals surface area contributed by atoms with Gasteiger partial charge in [0.1, 0.15) is 16.8 Å². The summed E-state index contributed by atoms with van der Waals surface area (Å²) in [6.07, 6.45) is 4.22. The summed E-state index contributed by atoms with van der Waals surface area (Å²) < 4.78 is 28.8. The molecule has 1 atom stereocenters. The summed E-state index contributed by atoms with van der Waals surface area (Å²) in [5, 5.41) is 5.54. The fourth-order valence-corrected chi connectivity index (χ4v) is 7.80. The van der Waals surface area contributed by atoms with E-state index < -0.39 is 27.9 Å². The van der Waals surface area contributed by atoms with Gasteiger partial charge < -0.3 is 15.5 Å². The van der Waals surface area contributed by atoms with E-state index in [-0.39, 0.29) is 27.0 Å². The number of fused-ring (bicyclic) bond motifs is 1. The number of pyridine rings is 1. The Morgan fingerprint density at radius 1 is 1.07 bits per heavy atom. The van der Waals surface area contributed by atoms with Crippen molar-refractivity contribution in [3.63, 3.8) is 0 Å². The predicted molar refractivity (Wildman–Crippen MR) is 161 cm³/mol. The third-order valence-corrected chi connectivity index (χ3v) is 10.4. The van der Waals surface area contributed by atoms with Crippen LogP contribution in [0.3, 0.4) is 0 Å². The number of para-hydroxylation sites is 2. The molecule has 1 aromatic heterocycles. The molecular formula is C29H31Cl2N5O4S. The zero-order valence-electron chi connectivity index (χ0n) is 22.5. The topological polar surface area (TPSA) is 112 Å². The van der Waals surface area contributed by atoms with Gasteiger partial charge in [-0.2, -0.15) is 0 Å². The van der Waals surface area contributed by atoms with Crippen molar-refractivity contribution in [3.8, 4) is 0 Å². The second kappa shape index (κ2) is 12.3. The summed E-state index contributed by atoms with van der Waals surface area (Å²) >= 11 is 12.4. The number of piperidine rings is 1. The number of benzene rings is 2. The Morgan fingerprint density at radius 2 is 1.83 bits per heavy atom. The minimum atomic E-state index is -4.36. The molecule has 1 fully saturated rings. The van der Waals surface area contributed by atoms with Gasteiger partial charge in [0.25, 0.3) is 10.0 Å². The Labute approximate surface area is 249 Å². The van der Waals surface area contributed by atoms with Gasteiger partial charge in [0.05, 0.1) is 27.8 Å². The maximum atomic E-state index is 13.9. The van der Waals surface area contributed by atoms with Crippen molar-refractivity contribution in [3.05, 3.63) is 76.4 Å². The van der Waals surface area contributed by atoms with Crippen molar-refractivity contribution in [1.29, 1.82) is 0 Å². The van der Waals surface area contributed by atoms with Crippen LogP contribution in [0.4, 0.5) is 17.2 Å². The van der Waals surface area contributed by atoms with Gasteiger partial charge in [0.2, 0.25) is 11.8 Å². The van der Waals surface area contributed by atoms with Crippen molar-refractivity contribution < 1.29 is 18.0 Å². The van der Waals surface area contributed by atoms with Crippen LogP contribution < -0.4 is 19.8 Å². The van der Waals surface area contributed by atoms with E-state index in [0.717, 1.165) is 48.0 Å². The Hall–Kier alpha value is -3.34. The fourth-order valence-electron chi connectivity index (χ4n) is 5.43. The largest absolute Gasteiger partial charge is 0.356 e. The molecule has 41 heavy (non-hydrogen) atoms. The molecule has 216 valence electrons. The molecule has 2 aliphatic rings. The number of carbonyl (C=O) groups excluding carboxylic acids is 2. The number of nitrogens with one attached hydrogen (secondary N) is 2. The first-order valence-electron chi connectivity index (χ1n) is 13.5. The molecule has 0 radical (unpaired) electrons. The monoisotopic (exact) mass is 615 g/mol. The quantitative estimate of drug-likeness (QED) is 0.368. The van der Waals surface area contributed by atoms with Crippen LogP contribution in [0.2, 0.25) is 10.0 Å². The predicted octanol–water partition coefficient (Wildman–Crippen LogP) is 5.03. The van der Waals surface area contributed by atoms with Crippen LogP contribution in [0.5, 0.6) is 0 Å². The van der Waals surface area contributed by atoms with Crippen LogP contribution in [0.1, 0.15) is 31.2 Å². The van der Waals surface area contributed by atoms with Gasteiger partial charge in [-0.15, -0.1) is 0 Å². The van der Waals surface area contributed by atoms with Crippen LogP contribution >= 0.6 is 23.2 Å². The van der Waals surface area contributed by atoms with Crippen molar-refractivity contribution in [2.45, 2.75) is 43.5 Å². The maximum absolute atomic E-state index is 13.9. The Morgan fingerprint density at radius 3 is 2.59 bits per heavy atom. The minimum Gasteiger partial charge on any atom is -0.356 e. The summed E-state index contributed by atoms with van der Waals surface area (Å²) in [6.45, 7) is 4.29. The first-order valence-corrected chi connectivity index (χ1v) is 15.7. The molecule has 1 saturated heterocycles. The van der Waals surface area contributed by atoms with Gasteiger partial charge in [-0.1, -0.05) is 47.5 Å². The van der Waals surface area contributed by atoms with Crippen molar-refractivity contribution >= 4 is 62.2 Å². The SMILES string of the molecule is Cc1cccnc1N1CCC(CCNC(=O)CC2C(=O)Nc3ccccc3N2S(=O)(=O)c2cccc(Cl)c2Cl)CC1. The highest BCUT2D eigenvalue weighted by Crippen LogP contribution is 2.40. The average molecular weight is 617 g/mol. The third-order valence-electron chi connectivity index (χ3n) is 7.59. The van der Waals surface area contributed by atoms with E-state index in [9.17, 15) is 18.0 Å². The lowest BCUT2D eigenvalue weighted by Crippen LogP contribution is -2.52. The fraction of sp³-hybridized carbons (Fsp3) is 0.345. The number of aryl methyl sites for hydroxylation is 1. The molecule has 0 spiro atoms. The van der Waals surface area contributed by atoms with E-state index in [1.165, 1.54) is 18.2 Å². The normalized spacial score (nSPS) is 17.6. The van der Waals surface area contributed by atoms with Gasteiger partial charge >= 0.3 is 0 Å². The second-order valence-corrected chi connectivity index (χ2v) is 12.9. The van der Waals surface area contributed by atoms with E-state index in [4.69, 9.17) is 23.2 Å². The summed E-state index contributed by atoms with van der Waals surface area (Å²) in [5.41, 5.74) is 1.72. The first kappa shape index (κ1) is 29.2. The summed E-state index contributed by atoms with van der Waals surface area (Å²) in [6, 6.07) is 13.5. The zero-order chi connectivity index (χ0) is 29.1. The molecule has 5 rings (SSSR count). The number of hydrogen-bond acceptors (Lipinski definition) is 6. The van der Waals surface area contributed by atoms with Crippen molar-refractivity contribution in [2.24, 2.45) is 5.92 Å². The summed E-state index contributed by atoms with van der Waals surface area (Å²) in [4.78, 5) is 32.8. The van der Waals surface area contributed by atoms with Crippen molar-refractivity contribution in [2.75, 3.05) is 34.2 Å². The maximum Gasteiger partial charge on any atom is 0.266 e. The number of aromatic nitrogens is 1. The highest BCUT2D eigenvalue weighted by molar-refractivity contribution is 7.93. The number of nitrogens with zero attached hydrogens (tertiary/aromatic N) is 3. The molecule has 0 saturated carbocycles. The lowest BCUT2D eigenvalue weighted by Gasteiger charge is -2.37. The van der Waals surface area contributed by atoms with E-state index in [0.29, 0.717) is 18.2 Å². The van der Waals surface area contributed by atoms with Gasteiger partial charge in [0, 0.05) is 25.8 Å². The van der Waals surface area contributed by atoms with Crippen LogP contribution in [0.25, 0.3) is 0 Å². The summed E-state index contributed by atoms with van der Waals surface area (Å²) in [5.74, 6) is 0.452. The molecule has 3 aromatic rings. The third kappa shape index (κ3) is 6.14. The van der Waals surface area contributed by atoms with Gasteiger partial charge in [0.15, 0.2) is 0 Å². The minimum absolute atomic E-state index is 0.0674. The smallest absolute Gasteiger partial charge is 0.266 e. The molecule has 2 aromatic carbocycles. The summed E-state index contributed by atoms with van der Waals surface area (Å²) in [7, 11) is -4.36. The Kier molecular flexibility index (Phi) is 8.72. The van der Waals surface area contributed by atoms with Gasteiger partial charge in [-0.3, -0.25) is 13.9 Å². The highest BCUT2D eigenvalue weighted by atomic mass is 35.5. The average Bonchev–Trinajstić information content (AvgIpc) is 2.95. The molecule has 2 N–H and O–H groups in total. The first-order chi connectivity index (χ1) is 19.7. The van der Waals surface area contributed by atoms with E-state index in [1.54, 1.807) is 24.3 Å². The Bertz CT molecular complexity index is 1560. The molecule has 2 amide bonds. The lowest BCUT2D eigenvalue weighted by atomic mass is 9.93. The van der Waals surface area contributed by atoms with Crippen LogP contribution in [0, 0.1) is 12.8 Å². The highest BCUT2D eigenvalue weighted by Gasteiger charge is 2.42. The zero-order valence-corrected chi connectivity index (χ0v) is 24.8. The van der Waals surface area contributed by atoms with Crippen molar-refractivity contribution in [1.82, 2.24) is 10.3 Å². The number of carbonyl (C=O) groups is 2. The molecule has 9 nitrogen and oxygen atoms in total. The standard InChI is InChI=1S/C29H31Cl2N5O4S/c1-19-6-5-14-33-28(19)35-16-12-20(13-17-35)11-15-32-26(37)18-24-29(38)34-22-8-2-3-9-23(22)36(24)41(39,40)25-10-4-7-21(30)27(25)31/h2-10,14,20,24H,11-13,15-18H2,1H3,(H,32,37)(H,34,38). The van der Waals surface area contributed by atoms with Crippen LogP contribution in [-0.2, 0) is 19.6 Å². The van der Waals surface area contributed by atoms with Crippen LogP contribution in [-0.4, -0.2) is 50.9 Å². The van der Waals surface area contributed by atoms with Gasteiger partial charge in [-0.25, -0.2) is 13.4 Å². The Balaban J connectivity index is 1.25. The molecular weight excluding hydrogens is 585 g/mol. The van der Waals surface area contributed by atoms with E-state index in [1.807, 2.05) is 12.3 Å². The van der Waals surface area contributed by atoms with E-state index >= 15 is 0 Å². The molecule has 0 bridgehead atoms. The molecule has 3 heterocycles. The molecule has 2 aliphatic heterocycles. The molecule has 12 heteroatoms. The molecule has 1 unspecified atom stereocenters. The van der Waals surface area contributed by atoms with Gasteiger partial charge in [-0.05, 0) is 68.0 Å². The van der Waals surface area contributed by atoms with Crippen LogP contribution in [0.15, 0.2) is 65.7 Å². The molecule has 0 aliphatic carbocycles. The number of amides is 2.